The third kappa shape index (κ3) is 6.06. The number of amides is 2. The van der Waals surface area contributed by atoms with Gasteiger partial charge in [-0.1, -0.05) is 6.08 Å². The van der Waals surface area contributed by atoms with E-state index in [0.29, 0.717) is 43.7 Å². The molecule has 0 bridgehead atoms. The quantitative estimate of drug-likeness (QED) is 0.488. The minimum atomic E-state index is -0.282. The molecular formula is C30H37N7O4. The summed E-state index contributed by atoms with van der Waals surface area (Å²) in [5.74, 6) is 0.553. The zero-order valence-corrected chi connectivity index (χ0v) is 23.5. The van der Waals surface area contributed by atoms with E-state index in [2.05, 4.69) is 21.4 Å². The summed E-state index contributed by atoms with van der Waals surface area (Å²) in [7, 11) is 0. The molecular weight excluding hydrogens is 522 g/mol. The van der Waals surface area contributed by atoms with Crippen LogP contribution in [0.4, 0.5) is 16.4 Å². The summed E-state index contributed by atoms with van der Waals surface area (Å²) in [5.41, 5.74) is 4.37. The van der Waals surface area contributed by atoms with E-state index in [0.717, 1.165) is 74.7 Å². The number of carbonyl (C=O) groups excluding carboxylic acids is 2. The van der Waals surface area contributed by atoms with Gasteiger partial charge >= 0.3 is 6.09 Å². The number of likely N-dealkylation sites (tertiary alicyclic amines) is 1. The average Bonchev–Trinajstić information content (AvgIpc) is 3.44. The molecule has 5 heterocycles. The van der Waals surface area contributed by atoms with Gasteiger partial charge in [-0.3, -0.25) is 9.69 Å². The Labute approximate surface area is 239 Å². The molecule has 3 aliphatic heterocycles. The van der Waals surface area contributed by atoms with Crippen LogP contribution in [-0.2, 0) is 9.47 Å². The first-order valence-electron chi connectivity index (χ1n) is 14.5. The highest BCUT2D eigenvalue weighted by Crippen LogP contribution is 2.27. The lowest BCUT2D eigenvalue weighted by molar-refractivity contribution is -0.00120. The summed E-state index contributed by atoms with van der Waals surface area (Å²) in [6.45, 7) is 8.28. The molecule has 1 N–H and O–H groups in total. The van der Waals surface area contributed by atoms with Gasteiger partial charge in [-0.05, 0) is 68.2 Å². The number of morpholine rings is 1. The fourth-order valence-corrected chi connectivity index (χ4v) is 5.89. The van der Waals surface area contributed by atoms with Gasteiger partial charge in [0.15, 0.2) is 5.65 Å². The van der Waals surface area contributed by atoms with Gasteiger partial charge in [0.2, 0.25) is 5.95 Å². The van der Waals surface area contributed by atoms with Crippen molar-refractivity contribution in [2.45, 2.75) is 32.2 Å². The van der Waals surface area contributed by atoms with Crippen molar-refractivity contribution < 1.29 is 19.1 Å². The normalized spacial score (nSPS) is 20.1. The van der Waals surface area contributed by atoms with Gasteiger partial charge in [0.1, 0.15) is 0 Å². The lowest BCUT2D eigenvalue weighted by Gasteiger charge is -2.40. The highest BCUT2D eigenvalue weighted by atomic mass is 16.6. The Balaban J connectivity index is 1.11. The Morgan fingerprint density at radius 2 is 1.90 bits per heavy atom. The van der Waals surface area contributed by atoms with Crippen LogP contribution in [0, 0.1) is 0 Å². The number of nitrogens with one attached hydrogen (secondary N) is 1. The first kappa shape index (κ1) is 27.2. The van der Waals surface area contributed by atoms with Crippen LogP contribution in [0.1, 0.15) is 42.1 Å². The molecule has 6 rings (SSSR count). The summed E-state index contributed by atoms with van der Waals surface area (Å²) >= 11 is 0. The van der Waals surface area contributed by atoms with E-state index >= 15 is 0 Å². The maximum atomic E-state index is 13.3. The van der Waals surface area contributed by atoms with Crippen LogP contribution in [0.3, 0.4) is 0 Å². The zero-order chi connectivity index (χ0) is 28.2. The number of pyridine rings is 1. The Hall–Kier alpha value is -3.96. The predicted molar refractivity (Wildman–Crippen MR) is 155 cm³/mol. The maximum Gasteiger partial charge on any atom is 0.410 e. The molecule has 3 aromatic rings. The van der Waals surface area contributed by atoms with Gasteiger partial charge in [0, 0.05) is 68.3 Å². The smallest absolute Gasteiger partial charge is 0.410 e. The van der Waals surface area contributed by atoms with Gasteiger partial charge in [-0.2, -0.15) is 4.98 Å². The van der Waals surface area contributed by atoms with Crippen molar-refractivity contribution in [3.63, 3.8) is 0 Å². The molecule has 2 fully saturated rings. The lowest BCUT2D eigenvalue weighted by Crippen LogP contribution is -2.52. The number of hydrogen-bond acceptors (Lipinski definition) is 8. The molecule has 3 aliphatic rings. The molecule has 0 aliphatic carbocycles. The molecule has 2 amide bonds. The highest BCUT2D eigenvalue weighted by molar-refractivity contribution is 5.94. The molecule has 11 nitrogen and oxygen atoms in total. The molecule has 11 heteroatoms. The Bertz CT molecular complexity index is 1410. The van der Waals surface area contributed by atoms with E-state index in [1.165, 1.54) is 0 Å². The molecule has 2 saturated heterocycles. The van der Waals surface area contributed by atoms with E-state index in [1.807, 2.05) is 54.4 Å². The van der Waals surface area contributed by atoms with E-state index < -0.39 is 0 Å². The summed E-state index contributed by atoms with van der Waals surface area (Å²) in [5, 5.41) is 7.89. The van der Waals surface area contributed by atoms with Crippen LogP contribution in [0.2, 0.25) is 0 Å². The molecule has 1 atom stereocenters. The number of benzene rings is 1. The van der Waals surface area contributed by atoms with Crippen molar-refractivity contribution in [3.05, 3.63) is 59.8 Å². The van der Waals surface area contributed by atoms with Gasteiger partial charge in [0.25, 0.3) is 5.91 Å². The zero-order valence-electron chi connectivity index (χ0n) is 23.5. The molecule has 41 heavy (non-hydrogen) atoms. The van der Waals surface area contributed by atoms with Crippen LogP contribution >= 0.6 is 0 Å². The lowest BCUT2D eigenvalue weighted by atomic mass is 10.0. The van der Waals surface area contributed by atoms with Gasteiger partial charge < -0.3 is 24.6 Å². The summed E-state index contributed by atoms with van der Waals surface area (Å²) < 4.78 is 12.4. The fourth-order valence-electron chi connectivity index (χ4n) is 5.89. The van der Waals surface area contributed by atoms with E-state index in [4.69, 9.17) is 14.5 Å². The molecule has 2 aromatic heterocycles. The SMILES string of the molecule is CCOC(=O)N1CC=C(c2cccn3nc(Nc4ccc(C(=O)N5CCCC(N6CCOCC6)C5)cc4)nc23)CC1. The van der Waals surface area contributed by atoms with Crippen molar-refractivity contribution in [1.29, 1.82) is 0 Å². The molecule has 1 aromatic carbocycles. The molecule has 0 radical (unpaired) electrons. The summed E-state index contributed by atoms with van der Waals surface area (Å²) in [6.07, 6.45) is 6.51. The van der Waals surface area contributed by atoms with Crippen LogP contribution in [0.5, 0.6) is 0 Å². The van der Waals surface area contributed by atoms with Crippen molar-refractivity contribution in [3.8, 4) is 0 Å². The molecule has 0 saturated carbocycles. The monoisotopic (exact) mass is 559 g/mol. The number of anilines is 2. The number of carbonyl (C=O) groups is 2. The van der Waals surface area contributed by atoms with Crippen LogP contribution in [-0.4, -0.2) is 106 Å². The standard InChI is InChI=1S/C30H37N7O4/c1-2-41-30(39)35-15-11-22(12-16-35)26-6-4-14-37-27(26)32-29(33-37)31-24-9-7-23(8-10-24)28(38)36-13-3-5-25(21-36)34-17-19-40-20-18-34/h4,6-11,14,25H,2-3,5,12-13,15-21H2,1H3,(H,31,33). The van der Waals surface area contributed by atoms with Crippen molar-refractivity contribution in [2.75, 3.05) is 64.4 Å². The number of nitrogens with zero attached hydrogens (tertiary/aromatic N) is 6. The van der Waals surface area contributed by atoms with Crippen LogP contribution in [0.15, 0.2) is 48.7 Å². The Morgan fingerprint density at radius 1 is 1.07 bits per heavy atom. The number of hydrogen-bond donors (Lipinski definition) is 1. The summed E-state index contributed by atoms with van der Waals surface area (Å²) in [6, 6.07) is 11.9. The maximum absolute atomic E-state index is 13.3. The Morgan fingerprint density at radius 3 is 2.66 bits per heavy atom. The topological polar surface area (TPSA) is 105 Å². The van der Waals surface area contributed by atoms with Gasteiger partial charge in [-0.25, -0.2) is 9.31 Å². The van der Waals surface area contributed by atoms with E-state index in [1.54, 1.807) is 9.42 Å². The first-order valence-corrected chi connectivity index (χ1v) is 14.5. The molecule has 1 unspecified atom stereocenters. The average molecular weight is 560 g/mol. The number of ether oxygens (including phenoxy) is 2. The van der Waals surface area contributed by atoms with Gasteiger partial charge in [0.05, 0.1) is 19.8 Å². The highest BCUT2D eigenvalue weighted by Gasteiger charge is 2.29. The van der Waals surface area contributed by atoms with E-state index in [9.17, 15) is 9.59 Å². The first-order chi connectivity index (χ1) is 20.1. The molecule has 0 spiro atoms. The third-order valence-electron chi connectivity index (χ3n) is 8.08. The number of piperidine rings is 1. The number of aromatic nitrogens is 3. The van der Waals surface area contributed by atoms with Crippen molar-refractivity contribution in [2.24, 2.45) is 0 Å². The second kappa shape index (κ2) is 12.3. The second-order valence-electron chi connectivity index (χ2n) is 10.6. The number of rotatable bonds is 6. The van der Waals surface area contributed by atoms with Crippen LogP contribution < -0.4 is 5.32 Å². The second-order valence-corrected chi connectivity index (χ2v) is 10.6. The van der Waals surface area contributed by atoms with Crippen molar-refractivity contribution >= 4 is 34.9 Å². The van der Waals surface area contributed by atoms with Crippen LogP contribution in [0.25, 0.3) is 11.2 Å². The molecule has 216 valence electrons. The predicted octanol–water partition coefficient (Wildman–Crippen LogP) is 3.66. The minimum Gasteiger partial charge on any atom is -0.450 e. The third-order valence-corrected chi connectivity index (χ3v) is 8.08. The van der Waals surface area contributed by atoms with Gasteiger partial charge in [-0.15, -0.1) is 5.10 Å². The number of fused-ring (bicyclic) bond motifs is 1. The van der Waals surface area contributed by atoms with E-state index in [-0.39, 0.29) is 12.0 Å². The fraction of sp³-hybridized carbons (Fsp3) is 0.467. The largest absolute Gasteiger partial charge is 0.450 e. The Kier molecular flexibility index (Phi) is 8.15. The summed E-state index contributed by atoms with van der Waals surface area (Å²) in [4.78, 5) is 36.3. The van der Waals surface area contributed by atoms with Crippen molar-refractivity contribution in [1.82, 2.24) is 29.3 Å². The minimum absolute atomic E-state index is 0.0762.